The zero-order chi connectivity index (χ0) is 10.2. The molecule has 3 N–H and O–H groups in total. The van der Waals surface area contributed by atoms with E-state index in [1.54, 1.807) is 6.92 Å². The van der Waals surface area contributed by atoms with Gasteiger partial charge in [-0.25, -0.2) is 0 Å². The number of carbonyl (C=O) groups is 2. The lowest BCUT2D eigenvalue weighted by Gasteiger charge is -2.10. The molecule has 1 aliphatic carbocycles. The van der Waals surface area contributed by atoms with Gasteiger partial charge in [-0.1, -0.05) is 13.8 Å². The van der Waals surface area contributed by atoms with Crippen LogP contribution in [0.25, 0.3) is 0 Å². The Kier molecular flexibility index (Phi) is 2.32. The summed E-state index contributed by atoms with van der Waals surface area (Å²) in [7, 11) is 0. The summed E-state index contributed by atoms with van der Waals surface area (Å²) in [6, 6.07) is -0.566. The van der Waals surface area contributed by atoms with Gasteiger partial charge in [0.15, 0.2) is 0 Å². The SMILES string of the molecule is CC(NC(=O)C1CC1(C)C)C(N)=O. The summed E-state index contributed by atoms with van der Waals surface area (Å²) in [5, 5.41) is 2.58. The number of nitrogens with two attached hydrogens (primary N) is 1. The Morgan fingerprint density at radius 1 is 1.54 bits per heavy atom. The molecule has 0 saturated heterocycles. The highest BCUT2D eigenvalue weighted by atomic mass is 16.2. The minimum absolute atomic E-state index is 0.0503. The molecule has 4 heteroatoms. The van der Waals surface area contributed by atoms with Crippen molar-refractivity contribution in [3.63, 3.8) is 0 Å². The third-order valence-corrected chi connectivity index (χ3v) is 2.62. The number of carbonyl (C=O) groups excluding carboxylic acids is 2. The number of hydrogen-bond donors (Lipinski definition) is 2. The van der Waals surface area contributed by atoms with Crippen LogP contribution in [0.3, 0.4) is 0 Å². The molecule has 13 heavy (non-hydrogen) atoms. The van der Waals surface area contributed by atoms with Crippen molar-refractivity contribution in [3.8, 4) is 0 Å². The van der Waals surface area contributed by atoms with Crippen LogP contribution in [0.2, 0.25) is 0 Å². The fourth-order valence-electron chi connectivity index (χ4n) is 1.30. The quantitative estimate of drug-likeness (QED) is 0.649. The van der Waals surface area contributed by atoms with Gasteiger partial charge < -0.3 is 11.1 Å². The molecule has 0 aromatic heterocycles. The molecule has 0 radical (unpaired) electrons. The number of primary amides is 1. The van der Waals surface area contributed by atoms with Crippen LogP contribution in [-0.2, 0) is 9.59 Å². The van der Waals surface area contributed by atoms with Gasteiger partial charge in [-0.05, 0) is 18.8 Å². The van der Waals surface area contributed by atoms with E-state index in [-0.39, 0.29) is 17.2 Å². The third-order valence-electron chi connectivity index (χ3n) is 2.62. The third kappa shape index (κ3) is 2.20. The van der Waals surface area contributed by atoms with Gasteiger partial charge in [0.1, 0.15) is 6.04 Å². The minimum atomic E-state index is -0.566. The summed E-state index contributed by atoms with van der Waals surface area (Å²) in [6.07, 6.45) is 0.893. The number of nitrogens with one attached hydrogen (secondary N) is 1. The van der Waals surface area contributed by atoms with Crippen LogP contribution in [0.4, 0.5) is 0 Å². The lowest BCUT2D eigenvalue weighted by molar-refractivity contribution is -0.128. The van der Waals surface area contributed by atoms with E-state index in [9.17, 15) is 9.59 Å². The lowest BCUT2D eigenvalue weighted by atomic mass is 10.1. The van der Waals surface area contributed by atoms with Gasteiger partial charge in [0.25, 0.3) is 0 Å². The molecule has 0 aliphatic heterocycles. The van der Waals surface area contributed by atoms with Gasteiger partial charge in [-0.2, -0.15) is 0 Å². The molecule has 2 unspecified atom stereocenters. The molecule has 1 saturated carbocycles. The Labute approximate surface area is 77.9 Å². The molecule has 0 aromatic rings. The molecule has 0 bridgehead atoms. The molecule has 2 atom stereocenters. The molecule has 1 rings (SSSR count). The van der Waals surface area contributed by atoms with Gasteiger partial charge >= 0.3 is 0 Å². The van der Waals surface area contributed by atoms with Crippen molar-refractivity contribution in [2.75, 3.05) is 0 Å². The van der Waals surface area contributed by atoms with E-state index < -0.39 is 11.9 Å². The average molecular weight is 184 g/mol. The highest BCUT2D eigenvalue weighted by Crippen LogP contribution is 2.51. The lowest BCUT2D eigenvalue weighted by Crippen LogP contribution is -2.43. The van der Waals surface area contributed by atoms with E-state index in [2.05, 4.69) is 5.32 Å². The van der Waals surface area contributed by atoms with Crippen LogP contribution in [0.15, 0.2) is 0 Å². The molecule has 0 heterocycles. The largest absolute Gasteiger partial charge is 0.368 e. The standard InChI is InChI=1S/C9H16N2O2/c1-5(7(10)12)11-8(13)6-4-9(6,2)3/h5-6H,4H2,1-3H3,(H2,10,12)(H,11,13). The fraction of sp³-hybridized carbons (Fsp3) is 0.778. The molecule has 1 aliphatic rings. The Morgan fingerprint density at radius 3 is 2.31 bits per heavy atom. The van der Waals surface area contributed by atoms with Crippen LogP contribution in [0.5, 0.6) is 0 Å². The van der Waals surface area contributed by atoms with Crippen molar-refractivity contribution < 1.29 is 9.59 Å². The van der Waals surface area contributed by atoms with E-state index in [1.165, 1.54) is 0 Å². The molecule has 4 nitrogen and oxygen atoms in total. The van der Waals surface area contributed by atoms with Crippen molar-refractivity contribution in [1.29, 1.82) is 0 Å². The second-order valence-electron chi connectivity index (χ2n) is 4.38. The van der Waals surface area contributed by atoms with Crippen LogP contribution in [-0.4, -0.2) is 17.9 Å². The van der Waals surface area contributed by atoms with Crippen molar-refractivity contribution in [1.82, 2.24) is 5.32 Å². The molecule has 1 fully saturated rings. The van der Waals surface area contributed by atoms with E-state index in [0.717, 1.165) is 6.42 Å². The zero-order valence-electron chi connectivity index (χ0n) is 8.26. The van der Waals surface area contributed by atoms with Gasteiger partial charge in [-0.3, -0.25) is 9.59 Å². The average Bonchev–Trinajstić information content (AvgIpc) is 2.59. The smallest absolute Gasteiger partial charge is 0.239 e. The number of amides is 2. The van der Waals surface area contributed by atoms with E-state index in [1.807, 2.05) is 13.8 Å². The van der Waals surface area contributed by atoms with Crippen LogP contribution >= 0.6 is 0 Å². The summed E-state index contributed by atoms with van der Waals surface area (Å²) in [4.78, 5) is 22.1. The predicted molar refractivity (Wildman–Crippen MR) is 48.7 cm³/mol. The molecule has 0 spiro atoms. The maximum absolute atomic E-state index is 11.4. The van der Waals surface area contributed by atoms with Gasteiger partial charge in [0, 0.05) is 5.92 Å². The summed E-state index contributed by atoms with van der Waals surface area (Å²) >= 11 is 0. The van der Waals surface area contributed by atoms with Crippen molar-refractivity contribution in [2.45, 2.75) is 33.2 Å². The molecule has 0 aromatic carbocycles. The molecular weight excluding hydrogens is 168 g/mol. The van der Waals surface area contributed by atoms with Crippen molar-refractivity contribution >= 4 is 11.8 Å². The molecular formula is C9H16N2O2. The Bertz CT molecular complexity index is 248. The second-order valence-corrected chi connectivity index (χ2v) is 4.38. The summed E-state index contributed by atoms with van der Waals surface area (Å²) < 4.78 is 0. The topological polar surface area (TPSA) is 72.2 Å². The normalized spacial score (nSPS) is 26.2. The van der Waals surface area contributed by atoms with E-state index in [0.29, 0.717) is 0 Å². The van der Waals surface area contributed by atoms with Gasteiger partial charge in [0.2, 0.25) is 11.8 Å². The highest BCUT2D eigenvalue weighted by molar-refractivity contribution is 5.88. The van der Waals surface area contributed by atoms with Crippen molar-refractivity contribution in [3.05, 3.63) is 0 Å². The summed E-state index contributed by atoms with van der Waals surface area (Å²) in [5.74, 6) is -0.502. The Hall–Kier alpha value is -1.06. The first-order valence-corrected chi connectivity index (χ1v) is 4.44. The first-order chi connectivity index (χ1) is 5.84. The zero-order valence-corrected chi connectivity index (χ0v) is 8.26. The number of rotatable bonds is 3. The maximum Gasteiger partial charge on any atom is 0.239 e. The second kappa shape index (κ2) is 3.01. The first-order valence-electron chi connectivity index (χ1n) is 4.44. The Morgan fingerprint density at radius 2 is 2.00 bits per heavy atom. The maximum atomic E-state index is 11.4. The minimum Gasteiger partial charge on any atom is -0.368 e. The monoisotopic (exact) mass is 184 g/mol. The van der Waals surface area contributed by atoms with Crippen LogP contribution in [0.1, 0.15) is 27.2 Å². The highest BCUT2D eigenvalue weighted by Gasteiger charge is 2.50. The molecule has 74 valence electrons. The van der Waals surface area contributed by atoms with Gasteiger partial charge in [0.05, 0.1) is 0 Å². The Balaban J connectivity index is 2.40. The summed E-state index contributed by atoms with van der Waals surface area (Å²) in [6.45, 7) is 5.66. The van der Waals surface area contributed by atoms with Crippen molar-refractivity contribution in [2.24, 2.45) is 17.1 Å². The summed E-state index contributed by atoms with van der Waals surface area (Å²) in [5.41, 5.74) is 5.12. The fourth-order valence-corrected chi connectivity index (χ4v) is 1.30. The van der Waals surface area contributed by atoms with Crippen LogP contribution in [0, 0.1) is 11.3 Å². The van der Waals surface area contributed by atoms with Gasteiger partial charge in [-0.15, -0.1) is 0 Å². The van der Waals surface area contributed by atoms with E-state index in [4.69, 9.17) is 5.73 Å². The predicted octanol–water partition coefficient (Wildman–Crippen LogP) is 0.0225. The molecule has 2 amide bonds. The van der Waals surface area contributed by atoms with Crippen LogP contribution < -0.4 is 11.1 Å². The van der Waals surface area contributed by atoms with E-state index >= 15 is 0 Å². The number of hydrogen-bond acceptors (Lipinski definition) is 2. The first kappa shape index (κ1) is 10.0.